The van der Waals surface area contributed by atoms with E-state index in [4.69, 9.17) is 11.6 Å². The van der Waals surface area contributed by atoms with Crippen LogP contribution in [0.2, 0.25) is 5.02 Å². The average molecular weight is 594 g/mol. The molecule has 1 aliphatic carbocycles. The number of nitrogens with one attached hydrogen (secondary N) is 2. The number of piperazine rings is 1. The summed E-state index contributed by atoms with van der Waals surface area (Å²) in [5, 5.41) is 4.19. The summed E-state index contributed by atoms with van der Waals surface area (Å²) in [6.07, 6.45) is 8.65. The Bertz CT molecular complexity index is 1690. The van der Waals surface area contributed by atoms with E-state index in [9.17, 15) is 18.0 Å². The predicted molar refractivity (Wildman–Crippen MR) is 153 cm³/mol. The lowest BCUT2D eigenvalue weighted by Gasteiger charge is -2.40. The number of hydrogen-bond acceptors (Lipinski definition) is 7. The van der Waals surface area contributed by atoms with E-state index in [0.717, 1.165) is 24.0 Å². The second-order valence-electron chi connectivity index (χ2n) is 10.3. The van der Waals surface area contributed by atoms with Gasteiger partial charge in [0.05, 0.1) is 0 Å². The number of carbonyl (C=O) groups is 2. The molecule has 0 spiro atoms. The minimum absolute atomic E-state index is 0.00469. The van der Waals surface area contributed by atoms with Crippen LogP contribution < -0.4 is 5.32 Å². The first kappa shape index (κ1) is 27.3. The van der Waals surface area contributed by atoms with Crippen LogP contribution in [-0.4, -0.2) is 81.6 Å². The van der Waals surface area contributed by atoms with Crippen molar-refractivity contribution in [2.24, 2.45) is 5.92 Å². The summed E-state index contributed by atoms with van der Waals surface area (Å²) in [7, 11) is -3.89. The summed E-state index contributed by atoms with van der Waals surface area (Å²) in [5.41, 5.74) is 2.29. The number of sulfonamides is 1. The van der Waals surface area contributed by atoms with Gasteiger partial charge >= 0.3 is 0 Å². The third-order valence-electron chi connectivity index (χ3n) is 7.46. The van der Waals surface area contributed by atoms with Gasteiger partial charge in [0.25, 0.3) is 15.9 Å². The number of nitrogens with zero attached hydrogens (tertiary/aromatic N) is 5. The van der Waals surface area contributed by atoms with Gasteiger partial charge < -0.3 is 15.2 Å². The molecule has 2 amide bonds. The van der Waals surface area contributed by atoms with Gasteiger partial charge in [0.2, 0.25) is 11.7 Å². The first-order valence-corrected chi connectivity index (χ1v) is 15.2. The van der Waals surface area contributed by atoms with E-state index < -0.39 is 16.1 Å². The van der Waals surface area contributed by atoms with Gasteiger partial charge in [-0.3, -0.25) is 14.6 Å². The number of pyridine rings is 1. The second kappa shape index (κ2) is 11.2. The Morgan fingerprint density at radius 1 is 1.02 bits per heavy atom. The van der Waals surface area contributed by atoms with E-state index in [-0.39, 0.29) is 48.2 Å². The molecular weight excluding hydrogens is 566 g/mol. The summed E-state index contributed by atoms with van der Waals surface area (Å²) in [6.45, 7) is 0.647. The monoisotopic (exact) mass is 593 g/mol. The fraction of sp³-hybridized carbons (Fsp3) is 0.321. The van der Waals surface area contributed by atoms with Crippen molar-refractivity contribution < 1.29 is 18.0 Å². The Kier molecular flexibility index (Phi) is 7.45. The number of aromatic nitrogens is 4. The van der Waals surface area contributed by atoms with Gasteiger partial charge in [0, 0.05) is 84.4 Å². The van der Waals surface area contributed by atoms with Crippen LogP contribution in [0.5, 0.6) is 0 Å². The molecule has 0 bridgehead atoms. The molecular formula is C28H28ClN7O4S. The largest absolute Gasteiger partial charge is 0.356 e. The maximum atomic E-state index is 13.6. The van der Waals surface area contributed by atoms with Gasteiger partial charge in [-0.05, 0) is 61.2 Å². The second-order valence-corrected chi connectivity index (χ2v) is 12.6. The number of amides is 2. The molecule has 2 N–H and O–H groups in total. The van der Waals surface area contributed by atoms with Crippen molar-refractivity contribution in [1.82, 2.24) is 34.5 Å². The summed E-state index contributed by atoms with van der Waals surface area (Å²) in [6, 6.07) is 9.86. The van der Waals surface area contributed by atoms with Crippen LogP contribution in [0.1, 0.15) is 29.9 Å². The molecule has 1 aliphatic heterocycles. The molecule has 2 fully saturated rings. The predicted octanol–water partition coefficient (Wildman–Crippen LogP) is 3.10. The third-order valence-corrected chi connectivity index (χ3v) is 9.49. The first-order chi connectivity index (χ1) is 19.8. The number of benzene rings is 1. The normalized spacial score (nSPS) is 18.0. The van der Waals surface area contributed by atoms with Crippen molar-refractivity contribution in [1.29, 1.82) is 0 Å². The molecule has 4 aromatic rings. The lowest BCUT2D eigenvalue weighted by atomic mass is 10.1. The van der Waals surface area contributed by atoms with Crippen molar-refractivity contribution in [2.75, 3.05) is 26.2 Å². The van der Waals surface area contributed by atoms with E-state index in [0.29, 0.717) is 28.9 Å². The zero-order chi connectivity index (χ0) is 28.6. The number of halogens is 1. The van der Waals surface area contributed by atoms with Crippen LogP contribution in [0.15, 0.2) is 66.2 Å². The lowest BCUT2D eigenvalue weighted by molar-refractivity contribution is -0.122. The zero-order valence-electron chi connectivity index (χ0n) is 22.0. The summed E-state index contributed by atoms with van der Waals surface area (Å²) < 4.78 is 28.7. The highest BCUT2D eigenvalue weighted by molar-refractivity contribution is 7.89. The summed E-state index contributed by atoms with van der Waals surface area (Å²) in [5.74, 6) is -0.311. The molecule has 0 radical (unpaired) electrons. The highest BCUT2D eigenvalue weighted by atomic mass is 35.5. The van der Waals surface area contributed by atoms with Gasteiger partial charge in [-0.25, -0.2) is 18.4 Å². The van der Waals surface area contributed by atoms with Gasteiger partial charge in [-0.1, -0.05) is 11.6 Å². The number of fused-ring (bicyclic) bond motifs is 1. The fourth-order valence-electron chi connectivity index (χ4n) is 5.03. The number of H-pyrrole nitrogens is 1. The van der Waals surface area contributed by atoms with Crippen molar-refractivity contribution in [3.05, 3.63) is 72.0 Å². The standard InChI is InChI=1S/C28H28ClN7O4S/c29-22-3-4-24-20(13-22)14-25(34-24)41(39,40)35-11-12-36(23(17-35)7-10-31-27(37)19-1-2-19)28(38)26-32-15-21(16-33-26)18-5-8-30-9-6-18/h3-6,8-9,13-16,19,23,34H,1-2,7,10-12,17H2,(H,31,37). The van der Waals surface area contributed by atoms with Crippen LogP contribution in [-0.2, 0) is 14.8 Å². The van der Waals surface area contributed by atoms with Crippen LogP contribution >= 0.6 is 11.6 Å². The van der Waals surface area contributed by atoms with E-state index in [1.165, 1.54) is 4.31 Å². The van der Waals surface area contributed by atoms with E-state index >= 15 is 0 Å². The van der Waals surface area contributed by atoms with E-state index in [1.807, 2.05) is 12.1 Å². The lowest BCUT2D eigenvalue weighted by Crippen LogP contribution is -2.57. The molecule has 6 rings (SSSR count). The Morgan fingerprint density at radius 3 is 2.51 bits per heavy atom. The van der Waals surface area contributed by atoms with Crippen LogP contribution in [0.4, 0.5) is 0 Å². The fourth-order valence-corrected chi connectivity index (χ4v) is 6.69. The van der Waals surface area contributed by atoms with Crippen LogP contribution in [0, 0.1) is 5.92 Å². The number of aromatic amines is 1. The first-order valence-electron chi connectivity index (χ1n) is 13.4. The maximum absolute atomic E-state index is 13.6. The highest BCUT2D eigenvalue weighted by Crippen LogP contribution is 2.29. The average Bonchev–Trinajstić information content (AvgIpc) is 3.76. The summed E-state index contributed by atoms with van der Waals surface area (Å²) in [4.78, 5) is 43.0. The van der Waals surface area contributed by atoms with E-state index in [1.54, 1.807) is 54.0 Å². The van der Waals surface area contributed by atoms with Crippen LogP contribution in [0.3, 0.4) is 0 Å². The minimum atomic E-state index is -3.89. The van der Waals surface area contributed by atoms with Crippen molar-refractivity contribution in [3.8, 4) is 11.1 Å². The zero-order valence-corrected chi connectivity index (χ0v) is 23.6. The third kappa shape index (κ3) is 5.81. The van der Waals surface area contributed by atoms with Crippen LogP contribution in [0.25, 0.3) is 22.0 Å². The Morgan fingerprint density at radius 2 is 1.78 bits per heavy atom. The Balaban J connectivity index is 1.22. The summed E-state index contributed by atoms with van der Waals surface area (Å²) >= 11 is 6.09. The Hall–Kier alpha value is -3.87. The number of carbonyl (C=O) groups excluding carboxylic acids is 2. The van der Waals surface area contributed by atoms with Gasteiger partial charge in [-0.2, -0.15) is 4.31 Å². The SMILES string of the molecule is O=C(NCCC1CN(S(=O)(=O)c2cc3cc(Cl)ccc3[nH]2)CCN1C(=O)c1ncc(-c2ccncc2)cn1)C1CC1. The highest BCUT2D eigenvalue weighted by Gasteiger charge is 2.38. The molecule has 4 heterocycles. The van der Waals surface area contributed by atoms with Gasteiger partial charge in [0.1, 0.15) is 5.03 Å². The topological polar surface area (TPSA) is 141 Å². The number of rotatable bonds is 8. The molecule has 3 aromatic heterocycles. The molecule has 41 heavy (non-hydrogen) atoms. The van der Waals surface area contributed by atoms with Crippen molar-refractivity contribution in [3.63, 3.8) is 0 Å². The molecule has 11 nitrogen and oxygen atoms in total. The smallest absolute Gasteiger partial charge is 0.291 e. The number of hydrogen-bond donors (Lipinski definition) is 2. The molecule has 1 saturated heterocycles. The molecule has 1 aromatic carbocycles. The quantitative estimate of drug-likeness (QED) is 0.320. The molecule has 1 atom stereocenters. The molecule has 1 saturated carbocycles. The Labute approximate surface area is 242 Å². The van der Waals surface area contributed by atoms with Gasteiger partial charge in [0.15, 0.2) is 0 Å². The molecule has 212 valence electrons. The molecule has 13 heteroatoms. The van der Waals surface area contributed by atoms with E-state index in [2.05, 4.69) is 25.3 Å². The molecule has 2 aliphatic rings. The van der Waals surface area contributed by atoms with Crippen molar-refractivity contribution >= 4 is 44.3 Å². The maximum Gasteiger partial charge on any atom is 0.291 e. The van der Waals surface area contributed by atoms with Crippen molar-refractivity contribution in [2.45, 2.75) is 30.3 Å². The van der Waals surface area contributed by atoms with Gasteiger partial charge in [-0.15, -0.1) is 0 Å². The molecule has 1 unspecified atom stereocenters. The minimum Gasteiger partial charge on any atom is -0.356 e.